The smallest absolute Gasteiger partial charge is 0.394 e. The standard InChI is InChI=1S/C35H46N4O4/c1-25(2)21-38-16-8-15-37(23-31-11-6-9-27(5)36-31)17-18-39(34(40)35(41)42)22-30-14-13-29(20-33(30)38)28-10-7-12-32(19-28)43-24-26(3)4/h6-7,9-14,19-20,25-26H,8,15-18,21-24H2,1-5H3,(H,41,42). The summed E-state index contributed by atoms with van der Waals surface area (Å²) in [4.78, 5) is 35.6. The minimum atomic E-state index is -1.43. The molecule has 0 saturated carbocycles. The number of nitrogens with zero attached hydrogens (tertiary/aromatic N) is 4. The number of fused-ring (bicyclic) bond motifs is 1. The van der Waals surface area contributed by atoms with E-state index in [4.69, 9.17) is 4.74 Å². The van der Waals surface area contributed by atoms with Gasteiger partial charge in [0, 0.05) is 57.2 Å². The first-order valence-corrected chi connectivity index (χ1v) is 15.4. The maximum Gasteiger partial charge on any atom is 0.394 e. The van der Waals surface area contributed by atoms with Crippen LogP contribution in [-0.2, 0) is 22.7 Å². The summed E-state index contributed by atoms with van der Waals surface area (Å²) in [6.07, 6.45) is 0.924. The molecule has 1 aliphatic rings. The van der Waals surface area contributed by atoms with Crippen molar-refractivity contribution < 1.29 is 19.4 Å². The molecule has 0 spiro atoms. The minimum absolute atomic E-state index is 0.226. The maximum atomic E-state index is 12.9. The van der Waals surface area contributed by atoms with Crippen LogP contribution in [0.25, 0.3) is 11.1 Å². The van der Waals surface area contributed by atoms with Crippen molar-refractivity contribution in [3.05, 3.63) is 77.6 Å². The van der Waals surface area contributed by atoms with Crippen LogP contribution < -0.4 is 9.64 Å². The van der Waals surface area contributed by atoms with Gasteiger partial charge in [-0.1, -0.05) is 58.0 Å². The molecule has 0 bridgehead atoms. The lowest BCUT2D eigenvalue weighted by atomic mass is 10.00. The fourth-order valence-electron chi connectivity index (χ4n) is 5.48. The van der Waals surface area contributed by atoms with Crippen LogP contribution in [0.2, 0.25) is 0 Å². The summed E-state index contributed by atoms with van der Waals surface area (Å²) >= 11 is 0. The lowest BCUT2D eigenvalue weighted by Gasteiger charge is -2.30. The lowest BCUT2D eigenvalue weighted by Crippen LogP contribution is -2.41. The van der Waals surface area contributed by atoms with E-state index in [9.17, 15) is 14.7 Å². The van der Waals surface area contributed by atoms with Gasteiger partial charge in [-0.25, -0.2) is 4.79 Å². The number of carboxylic acids is 1. The summed E-state index contributed by atoms with van der Waals surface area (Å²) in [5.74, 6) is -0.630. The Morgan fingerprint density at radius 1 is 0.907 bits per heavy atom. The molecule has 0 saturated heterocycles. The van der Waals surface area contributed by atoms with Gasteiger partial charge in [-0.2, -0.15) is 0 Å². The molecule has 43 heavy (non-hydrogen) atoms. The number of benzene rings is 2. The Kier molecular flexibility index (Phi) is 11.2. The molecule has 2 aromatic carbocycles. The molecule has 0 unspecified atom stereocenters. The Morgan fingerprint density at radius 3 is 2.40 bits per heavy atom. The zero-order chi connectivity index (χ0) is 30.9. The van der Waals surface area contributed by atoms with Gasteiger partial charge < -0.3 is 19.6 Å². The molecule has 0 aliphatic carbocycles. The molecule has 1 aromatic heterocycles. The second-order valence-electron chi connectivity index (χ2n) is 12.3. The molecule has 0 atom stereocenters. The van der Waals surface area contributed by atoms with E-state index in [-0.39, 0.29) is 6.54 Å². The number of aromatic nitrogens is 1. The number of carbonyl (C=O) groups is 2. The average molecular weight is 587 g/mol. The predicted molar refractivity (Wildman–Crippen MR) is 171 cm³/mol. The van der Waals surface area contributed by atoms with Crippen LogP contribution in [0.1, 0.15) is 51.1 Å². The van der Waals surface area contributed by atoms with E-state index in [1.807, 2.05) is 43.3 Å². The summed E-state index contributed by atoms with van der Waals surface area (Å²) in [6, 6.07) is 20.5. The molecule has 0 fully saturated rings. The second kappa shape index (κ2) is 15.0. The SMILES string of the molecule is Cc1cccc(CN2CCCN(CC(C)C)c3cc(-c4cccc(OCC(C)C)c4)ccc3CN(C(=O)C(=O)O)CC2)n1. The van der Waals surface area contributed by atoms with Crippen LogP contribution in [0.5, 0.6) is 5.75 Å². The zero-order valence-corrected chi connectivity index (χ0v) is 26.3. The fraction of sp³-hybridized carbons (Fsp3) is 0.457. The highest BCUT2D eigenvalue weighted by Gasteiger charge is 2.25. The van der Waals surface area contributed by atoms with Gasteiger partial charge in [0.25, 0.3) is 0 Å². The largest absolute Gasteiger partial charge is 0.493 e. The number of ether oxygens (including phenoxy) is 1. The Balaban J connectivity index is 1.69. The Labute approximate surface area is 256 Å². The summed E-state index contributed by atoms with van der Waals surface area (Å²) in [5, 5.41) is 9.69. The van der Waals surface area contributed by atoms with Crippen LogP contribution in [0.4, 0.5) is 5.69 Å². The minimum Gasteiger partial charge on any atom is -0.493 e. The first-order valence-electron chi connectivity index (χ1n) is 15.4. The molecule has 4 rings (SSSR count). The lowest BCUT2D eigenvalue weighted by molar-refractivity contribution is -0.156. The van der Waals surface area contributed by atoms with Crippen LogP contribution in [0.15, 0.2) is 60.7 Å². The number of rotatable bonds is 8. The Morgan fingerprint density at radius 2 is 1.67 bits per heavy atom. The molecule has 8 heteroatoms. The van der Waals surface area contributed by atoms with Crippen molar-refractivity contribution in [3.8, 4) is 16.9 Å². The molecule has 1 aliphatic heterocycles. The molecule has 0 radical (unpaired) electrons. The third-order valence-corrected chi connectivity index (χ3v) is 7.51. The van der Waals surface area contributed by atoms with E-state index in [1.54, 1.807) is 0 Å². The highest BCUT2D eigenvalue weighted by molar-refractivity contribution is 6.31. The first kappa shape index (κ1) is 32.0. The summed E-state index contributed by atoms with van der Waals surface area (Å²) in [5.41, 5.74) is 6.03. The van der Waals surface area contributed by atoms with Gasteiger partial charge in [0.2, 0.25) is 0 Å². The van der Waals surface area contributed by atoms with Crippen molar-refractivity contribution >= 4 is 17.6 Å². The average Bonchev–Trinajstić information content (AvgIpc) is 2.99. The van der Waals surface area contributed by atoms with Gasteiger partial charge in [-0.15, -0.1) is 0 Å². The molecule has 3 aromatic rings. The molecule has 1 N–H and O–H groups in total. The van der Waals surface area contributed by atoms with E-state index in [1.165, 1.54) is 4.90 Å². The van der Waals surface area contributed by atoms with Crippen molar-refractivity contribution in [1.29, 1.82) is 0 Å². The van der Waals surface area contributed by atoms with E-state index >= 15 is 0 Å². The van der Waals surface area contributed by atoms with Gasteiger partial charge in [-0.3, -0.25) is 14.7 Å². The highest BCUT2D eigenvalue weighted by Crippen LogP contribution is 2.32. The number of carbonyl (C=O) groups excluding carboxylic acids is 1. The summed E-state index contributed by atoms with van der Waals surface area (Å²) in [6.45, 7) is 15.6. The summed E-state index contributed by atoms with van der Waals surface area (Å²) in [7, 11) is 0. The first-order chi connectivity index (χ1) is 20.6. The van der Waals surface area contributed by atoms with Gasteiger partial charge in [-0.05, 0) is 72.2 Å². The molecule has 2 heterocycles. The number of hydrogen-bond donors (Lipinski definition) is 1. The van der Waals surface area contributed by atoms with Crippen molar-refractivity contribution in [2.45, 2.75) is 54.1 Å². The third-order valence-electron chi connectivity index (χ3n) is 7.51. The van der Waals surface area contributed by atoms with Gasteiger partial charge in [0.15, 0.2) is 0 Å². The zero-order valence-electron chi connectivity index (χ0n) is 26.3. The highest BCUT2D eigenvalue weighted by atomic mass is 16.5. The maximum absolute atomic E-state index is 12.9. The Bertz CT molecular complexity index is 1390. The van der Waals surface area contributed by atoms with Gasteiger partial charge in [0.1, 0.15) is 5.75 Å². The van der Waals surface area contributed by atoms with Crippen LogP contribution in [-0.4, -0.2) is 71.1 Å². The van der Waals surface area contributed by atoms with E-state index in [0.717, 1.165) is 65.6 Å². The van der Waals surface area contributed by atoms with E-state index < -0.39 is 11.9 Å². The monoisotopic (exact) mass is 586 g/mol. The number of amides is 1. The van der Waals surface area contributed by atoms with Crippen LogP contribution in [0.3, 0.4) is 0 Å². The van der Waals surface area contributed by atoms with Gasteiger partial charge in [0.05, 0.1) is 12.3 Å². The van der Waals surface area contributed by atoms with Crippen molar-refractivity contribution in [2.75, 3.05) is 44.2 Å². The number of pyridine rings is 1. The summed E-state index contributed by atoms with van der Waals surface area (Å²) < 4.78 is 6.00. The normalized spacial score (nSPS) is 14.9. The molecular formula is C35H46N4O4. The number of carboxylic acid groups (broad SMARTS) is 1. The van der Waals surface area contributed by atoms with Crippen molar-refractivity contribution in [2.24, 2.45) is 11.8 Å². The number of aliphatic carboxylic acids is 1. The molecule has 8 nitrogen and oxygen atoms in total. The second-order valence-corrected chi connectivity index (χ2v) is 12.3. The van der Waals surface area contributed by atoms with Crippen LogP contribution >= 0.6 is 0 Å². The molecule has 230 valence electrons. The quantitative estimate of drug-likeness (QED) is 0.330. The Hall–Kier alpha value is -3.91. The van der Waals surface area contributed by atoms with Crippen molar-refractivity contribution in [1.82, 2.24) is 14.8 Å². The topological polar surface area (TPSA) is 86.2 Å². The van der Waals surface area contributed by atoms with E-state index in [0.29, 0.717) is 38.1 Å². The predicted octanol–water partition coefficient (Wildman–Crippen LogP) is 5.87. The number of aryl methyl sites for hydroxylation is 1. The van der Waals surface area contributed by atoms with Crippen molar-refractivity contribution in [3.63, 3.8) is 0 Å². The molecular weight excluding hydrogens is 540 g/mol. The van der Waals surface area contributed by atoms with E-state index in [2.05, 4.69) is 66.7 Å². The number of hydrogen-bond acceptors (Lipinski definition) is 6. The van der Waals surface area contributed by atoms with Crippen LogP contribution in [0, 0.1) is 18.8 Å². The van der Waals surface area contributed by atoms with Gasteiger partial charge >= 0.3 is 11.9 Å². The third kappa shape index (κ3) is 9.29. The number of anilines is 1. The molecule has 1 amide bonds. The fourth-order valence-corrected chi connectivity index (χ4v) is 5.48.